The number of carbonyl (C=O) groups is 2. The molecule has 0 saturated carbocycles. The number of hydrogen-bond acceptors (Lipinski definition) is 3. The molecule has 0 N–H and O–H groups in total. The molecule has 4 heteroatoms. The highest BCUT2D eigenvalue weighted by Gasteiger charge is 2.37. The maximum Gasteiger partial charge on any atom is 0.343 e. The molecule has 0 spiro atoms. The van der Waals surface area contributed by atoms with Crippen LogP contribution in [0.3, 0.4) is 0 Å². The van der Waals surface area contributed by atoms with Crippen LogP contribution in [0.15, 0.2) is 91.0 Å². The van der Waals surface area contributed by atoms with Crippen molar-refractivity contribution in [1.29, 1.82) is 0 Å². The van der Waals surface area contributed by atoms with Gasteiger partial charge in [0.15, 0.2) is 0 Å². The van der Waals surface area contributed by atoms with E-state index in [2.05, 4.69) is 18.8 Å². The Bertz CT molecular complexity index is 1080. The van der Waals surface area contributed by atoms with Crippen LogP contribution in [0.1, 0.15) is 33.1 Å². The number of hydrogen-bond donors (Lipinski definition) is 0. The summed E-state index contributed by atoms with van der Waals surface area (Å²) in [6.07, 6.45) is 2.52. The SMILES string of the molecule is CCCCC#CC(=O)C(C(=O)OCC)=P(c1ccccc1)(c1ccccc1)c1ccccc1. The summed E-state index contributed by atoms with van der Waals surface area (Å²) in [5, 5.41) is 2.86. The molecular formula is C29H29O3P. The fourth-order valence-corrected chi connectivity index (χ4v) is 8.06. The maximum atomic E-state index is 13.7. The summed E-state index contributed by atoms with van der Waals surface area (Å²) in [7, 11) is 0. The van der Waals surface area contributed by atoms with Gasteiger partial charge in [-0.25, -0.2) is 4.79 Å². The minimum Gasteiger partial charge on any atom is -0.462 e. The van der Waals surface area contributed by atoms with Crippen molar-refractivity contribution >= 4 is 39.8 Å². The molecule has 3 aromatic carbocycles. The van der Waals surface area contributed by atoms with E-state index in [0.29, 0.717) is 6.42 Å². The van der Waals surface area contributed by atoms with Gasteiger partial charge in [-0.15, -0.1) is 0 Å². The predicted molar refractivity (Wildman–Crippen MR) is 139 cm³/mol. The molecule has 3 rings (SSSR count). The number of Topliss-reactive ketones (excluding diaryl/α,β-unsaturated/α-hetero) is 1. The quantitative estimate of drug-likeness (QED) is 0.125. The highest BCUT2D eigenvalue weighted by Crippen LogP contribution is 2.46. The van der Waals surface area contributed by atoms with Gasteiger partial charge < -0.3 is 4.74 Å². The zero-order valence-electron chi connectivity index (χ0n) is 19.2. The normalized spacial score (nSPS) is 10.6. The van der Waals surface area contributed by atoms with E-state index >= 15 is 0 Å². The number of rotatable bonds is 8. The Morgan fingerprint density at radius 2 is 1.21 bits per heavy atom. The molecule has 0 aliphatic carbocycles. The van der Waals surface area contributed by atoms with Gasteiger partial charge in [-0.2, -0.15) is 0 Å². The standard InChI is InChI=1S/C29H29O3P/c1-3-5-6-16-23-27(30)28(29(31)32-4-2)33(24-17-10-7-11-18-24,25-19-12-8-13-20-25)26-21-14-9-15-22-26/h7-15,17-22H,3-6H2,1-2H3. The lowest BCUT2D eigenvalue weighted by molar-refractivity contribution is -0.135. The molecule has 3 aromatic rings. The first-order valence-corrected chi connectivity index (χ1v) is 13.1. The van der Waals surface area contributed by atoms with E-state index in [-0.39, 0.29) is 11.9 Å². The smallest absolute Gasteiger partial charge is 0.343 e. The van der Waals surface area contributed by atoms with Crippen LogP contribution in [0.5, 0.6) is 0 Å². The van der Waals surface area contributed by atoms with E-state index in [1.54, 1.807) is 6.92 Å². The molecule has 3 nitrogen and oxygen atoms in total. The van der Waals surface area contributed by atoms with Gasteiger partial charge in [-0.05, 0) is 42.1 Å². The van der Waals surface area contributed by atoms with E-state index in [1.165, 1.54) is 0 Å². The largest absolute Gasteiger partial charge is 0.462 e. The molecule has 0 unspecified atom stereocenters. The Kier molecular flexibility index (Phi) is 8.87. The summed E-state index contributed by atoms with van der Waals surface area (Å²) in [5.41, 5.74) is 0. The second kappa shape index (κ2) is 12.0. The third kappa shape index (κ3) is 5.36. The van der Waals surface area contributed by atoms with Gasteiger partial charge in [0.05, 0.1) is 6.61 Å². The zero-order chi connectivity index (χ0) is 23.5. The molecule has 0 atom stereocenters. The van der Waals surface area contributed by atoms with Crippen LogP contribution < -0.4 is 15.9 Å². The predicted octanol–water partition coefficient (Wildman–Crippen LogP) is 4.48. The summed E-state index contributed by atoms with van der Waals surface area (Å²) >= 11 is 0. The third-order valence-electron chi connectivity index (χ3n) is 5.31. The molecule has 0 bridgehead atoms. The molecule has 0 amide bonds. The van der Waals surface area contributed by atoms with Crippen LogP contribution in [0.4, 0.5) is 0 Å². The van der Waals surface area contributed by atoms with Crippen molar-refractivity contribution in [3.8, 4) is 11.8 Å². The number of carbonyl (C=O) groups excluding carboxylic acids is 2. The fourth-order valence-electron chi connectivity index (χ4n) is 3.84. The Hall–Kier alpha value is -3.34. The van der Waals surface area contributed by atoms with E-state index < -0.39 is 18.6 Å². The van der Waals surface area contributed by atoms with Gasteiger partial charge in [-0.1, -0.05) is 110 Å². The average Bonchev–Trinajstić information content (AvgIpc) is 2.86. The molecule has 0 aliphatic heterocycles. The van der Waals surface area contributed by atoms with Crippen molar-refractivity contribution in [2.45, 2.75) is 33.1 Å². The highest BCUT2D eigenvalue weighted by atomic mass is 31.2. The highest BCUT2D eigenvalue weighted by molar-refractivity contribution is 7.97. The van der Waals surface area contributed by atoms with Crippen LogP contribution in [0.25, 0.3) is 0 Å². The minimum atomic E-state index is -2.87. The Labute approximate surface area is 196 Å². The molecule has 0 aliphatic rings. The Balaban J connectivity index is 2.52. The Morgan fingerprint density at radius 3 is 1.61 bits per heavy atom. The van der Waals surface area contributed by atoms with Crippen molar-refractivity contribution in [3.05, 3.63) is 91.0 Å². The van der Waals surface area contributed by atoms with Crippen molar-refractivity contribution < 1.29 is 14.3 Å². The molecule has 168 valence electrons. The summed E-state index contributed by atoms with van der Waals surface area (Å²) in [5.74, 6) is 4.69. The monoisotopic (exact) mass is 456 g/mol. The summed E-state index contributed by atoms with van der Waals surface area (Å²) in [4.78, 5) is 27.2. The van der Waals surface area contributed by atoms with Crippen LogP contribution in [0, 0.1) is 11.8 Å². The van der Waals surface area contributed by atoms with Gasteiger partial charge in [-0.3, -0.25) is 4.79 Å². The van der Waals surface area contributed by atoms with E-state index in [0.717, 1.165) is 28.8 Å². The van der Waals surface area contributed by atoms with Gasteiger partial charge in [0.25, 0.3) is 0 Å². The molecule has 0 heterocycles. The third-order valence-corrected chi connectivity index (χ3v) is 9.58. The zero-order valence-corrected chi connectivity index (χ0v) is 20.1. The van der Waals surface area contributed by atoms with Gasteiger partial charge in [0.2, 0.25) is 5.78 Å². The van der Waals surface area contributed by atoms with Crippen LogP contribution in [0.2, 0.25) is 0 Å². The van der Waals surface area contributed by atoms with Crippen LogP contribution in [-0.4, -0.2) is 23.7 Å². The minimum absolute atomic E-state index is 0.122. The van der Waals surface area contributed by atoms with Crippen molar-refractivity contribution in [2.75, 3.05) is 6.61 Å². The second-order valence-corrected chi connectivity index (χ2v) is 10.8. The summed E-state index contributed by atoms with van der Waals surface area (Å²) < 4.78 is 5.49. The summed E-state index contributed by atoms with van der Waals surface area (Å²) in [6.45, 7) is 1.14. The van der Waals surface area contributed by atoms with Gasteiger partial charge in [0, 0.05) is 6.42 Å². The number of unbranched alkanes of at least 4 members (excludes halogenated alkanes) is 2. The summed E-state index contributed by atoms with van der Waals surface area (Å²) in [6, 6.07) is 29.4. The maximum absolute atomic E-state index is 13.7. The number of esters is 1. The molecule has 0 aromatic heterocycles. The van der Waals surface area contributed by atoms with E-state index in [9.17, 15) is 9.59 Å². The second-order valence-electron chi connectivity index (χ2n) is 7.48. The molecular weight excluding hydrogens is 427 g/mol. The number of benzene rings is 3. The van der Waals surface area contributed by atoms with Gasteiger partial charge in [0.1, 0.15) is 5.29 Å². The molecule has 0 radical (unpaired) electrons. The average molecular weight is 457 g/mol. The lowest BCUT2D eigenvalue weighted by Crippen LogP contribution is -2.38. The van der Waals surface area contributed by atoms with Crippen LogP contribution in [-0.2, 0) is 14.3 Å². The first-order valence-electron chi connectivity index (χ1n) is 11.3. The van der Waals surface area contributed by atoms with Crippen molar-refractivity contribution in [2.24, 2.45) is 0 Å². The molecule has 33 heavy (non-hydrogen) atoms. The first-order chi connectivity index (χ1) is 16.2. The van der Waals surface area contributed by atoms with E-state index in [1.807, 2.05) is 91.0 Å². The van der Waals surface area contributed by atoms with Gasteiger partial charge >= 0.3 is 5.97 Å². The van der Waals surface area contributed by atoms with Crippen LogP contribution >= 0.6 is 6.89 Å². The number of ketones is 1. The lowest BCUT2D eigenvalue weighted by atomic mass is 10.2. The van der Waals surface area contributed by atoms with Crippen molar-refractivity contribution in [1.82, 2.24) is 0 Å². The molecule has 0 saturated heterocycles. The topological polar surface area (TPSA) is 43.4 Å². The number of ether oxygens (including phenoxy) is 1. The van der Waals surface area contributed by atoms with E-state index in [4.69, 9.17) is 4.74 Å². The Morgan fingerprint density at radius 1 is 0.758 bits per heavy atom. The lowest BCUT2D eigenvalue weighted by Gasteiger charge is -2.30. The molecule has 0 fully saturated rings. The van der Waals surface area contributed by atoms with Crippen molar-refractivity contribution in [3.63, 3.8) is 0 Å². The first kappa shape index (κ1) is 24.3. The fraction of sp³-hybridized carbons (Fsp3) is 0.207.